The first-order valence-electron chi connectivity index (χ1n) is 11.9. The van der Waals surface area contributed by atoms with Gasteiger partial charge in [0.2, 0.25) is 0 Å². The van der Waals surface area contributed by atoms with E-state index in [4.69, 9.17) is 5.26 Å². The third kappa shape index (κ3) is 4.53. The van der Waals surface area contributed by atoms with Gasteiger partial charge in [0.1, 0.15) is 17.7 Å². The van der Waals surface area contributed by atoms with E-state index in [2.05, 4.69) is 6.92 Å². The highest BCUT2D eigenvalue weighted by molar-refractivity contribution is 5.85. The minimum atomic E-state index is -0.567. The van der Waals surface area contributed by atoms with Crippen LogP contribution in [-0.2, 0) is 0 Å². The second-order valence-electron chi connectivity index (χ2n) is 9.73. The molecule has 160 valence electrons. The Labute approximate surface area is 179 Å². The zero-order valence-electron chi connectivity index (χ0n) is 18.1. The highest BCUT2D eigenvalue weighted by Gasteiger charge is 2.36. The van der Waals surface area contributed by atoms with Gasteiger partial charge in [-0.15, -0.1) is 0 Å². The molecule has 0 saturated heterocycles. The average molecular weight is 410 g/mol. The summed E-state index contributed by atoms with van der Waals surface area (Å²) in [5.41, 5.74) is 0.908. The maximum absolute atomic E-state index is 14.8. The molecule has 0 N–H and O–H groups in total. The molecule has 0 heterocycles. The lowest BCUT2D eigenvalue weighted by molar-refractivity contribution is 0.113. The smallest absolute Gasteiger partial charge is 0.141 e. The van der Waals surface area contributed by atoms with Crippen LogP contribution in [0.5, 0.6) is 0 Å². The zero-order chi connectivity index (χ0) is 21.1. The van der Waals surface area contributed by atoms with Crippen LogP contribution in [0.15, 0.2) is 24.3 Å². The van der Waals surface area contributed by atoms with Crippen LogP contribution in [0.25, 0.3) is 10.8 Å². The van der Waals surface area contributed by atoms with Crippen LogP contribution in [0.4, 0.5) is 8.78 Å². The van der Waals surface area contributed by atoms with Crippen molar-refractivity contribution >= 4 is 10.8 Å². The number of nitriles is 1. The first-order valence-corrected chi connectivity index (χ1v) is 11.9. The quantitative estimate of drug-likeness (QED) is 0.440. The third-order valence-electron chi connectivity index (χ3n) is 7.79. The van der Waals surface area contributed by atoms with E-state index < -0.39 is 5.82 Å². The molecule has 0 radical (unpaired) electrons. The van der Waals surface area contributed by atoms with Crippen molar-refractivity contribution in [2.24, 2.45) is 17.8 Å². The number of hydrogen-bond acceptors (Lipinski definition) is 1. The molecule has 2 aromatic carbocycles. The van der Waals surface area contributed by atoms with E-state index >= 15 is 0 Å². The molecule has 2 unspecified atom stereocenters. The summed E-state index contributed by atoms with van der Waals surface area (Å²) in [6.07, 6.45) is 14.4. The predicted molar refractivity (Wildman–Crippen MR) is 118 cm³/mol. The van der Waals surface area contributed by atoms with Crippen LogP contribution in [0, 0.1) is 40.7 Å². The molecule has 30 heavy (non-hydrogen) atoms. The van der Waals surface area contributed by atoms with Gasteiger partial charge in [-0.1, -0.05) is 51.5 Å². The Bertz CT molecular complexity index is 929. The van der Waals surface area contributed by atoms with E-state index in [1.165, 1.54) is 69.9 Å². The summed E-state index contributed by atoms with van der Waals surface area (Å²) in [6, 6.07) is 8.04. The molecule has 2 aliphatic rings. The van der Waals surface area contributed by atoms with Crippen LogP contribution in [0.1, 0.15) is 94.6 Å². The summed E-state index contributed by atoms with van der Waals surface area (Å²) in [5.74, 6) is 1.97. The number of hydrogen-bond donors (Lipinski definition) is 0. The molecular weight excluding hydrogens is 376 g/mol. The molecule has 2 aromatic rings. The minimum Gasteiger partial charge on any atom is -0.206 e. The van der Waals surface area contributed by atoms with Crippen LogP contribution < -0.4 is 0 Å². The average Bonchev–Trinajstić information content (AvgIpc) is 2.75. The van der Waals surface area contributed by atoms with Crippen molar-refractivity contribution in [3.63, 3.8) is 0 Å². The van der Waals surface area contributed by atoms with E-state index in [1.807, 2.05) is 6.07 Å². The van der Waals surface area contributed by atoms with Gasteiger partial charge in [-0.2, -0.15) is 5.26 Å². The lowest BCUT2D eigenvalue weighted by Crippen LogP contribution is -2.30. The highest BCUT2D eigenvalue weighted by Crippen LogP contribution is 2.48. The lowest BCUT2D eigenvalue weighted by Gasteiger charge is -2.42. The van der Waals surface area contributed by atoms with Crippen LogP contribution >= 0.6 is 0 Å². The molecule has 2 saturated carbocycles. The largest absolute Gasteiger partial charge is 0.206 e. The van der Waals surface area contributed by atoms with Gasteiger partial charge in [0.05, 0.1) is 5.56 Å². The fourth-order valence-corrected chi connectivity index (χ4v) is 6.09. The lowest BCUT2D eigenvalue weighted by atomic mass is 9.63. The summed E-state index contributed by atoms with van der Waals surface area (Å²) in [6.45, 7) is 2.27. The van der Waals surface area contributed by atoms with Gasteiger partial charge in [-0.25, -0.2) is 8.78 Å². The fourth-order valence-electron chi connectivity index (χ4n) is 6.09. The first-order chi connectivity index (χ1) is 14.6. The molecule has 0 aliphatic heterocycles. The summed E-state index contributed by atoms with van der Waals surface area (Å²) >= 11 is 0. The molecule has 3 heteroatoms. The van der Waals surface area contributed by atoms with Gasteiger partial charge in [0, 0.05) is 5.39 Å². The predicted octanol–water partition coefficient (Wildman–Crippen LogP) is 8.26. The zero-order valence-corrected chi connectivity index (χ0v) is 18.1. The summed E-state index contributed by atoms with van der Waals surface area (Å²) in [5, 5.41) is 9.93. The van der Waals surface area contributed by atoms with Crippen LogP contribution in [0.2, 0.25) is 0 Å². The Morgan fingerprint density at radius 1 is 0.900 bits per heavy atom. The second-order valence-corrected chi connectivity index (χ2v) is 9.73. The van der Waals surface area contributed by atoms with Crippen molar-refractivity contribution < 1.29 is 8.78 Å². The molecule has 2 fully saturated rings. The van der Waals surface area contributed by atoms with Crippen molar-refractivity contribution in [1.82, 2.24) is 0 Å². The molecule has 0 amide bonds. The monoisotopic (exact) mass is 409 g/mol. The van der Waals surface area contributed by atoms with Crippen LogP contribution in [-0.4, -0.2) is 0 Å². The number of halogens is 2. The third-order valence-corrected chi connectivity index (χ3v) is 7.79. The Hall–Kier alpha value is -1.95. The first kappa shape index (κ1) is 21.3. The summed E-state index contributed by atoms with van der Waals surface area (Å²) in [4.78, 5) is 0. The molecule has 4 atom stereocenters. The Morgan fingerprint density at radius 2 is 1.70 bits per heavy atom. The number of fused-ring (bicyclic) bond motifs is 2. The van der Waals surface area contributed by atoms with Crippen molar-refractivity contribution in [3.05, 3.63) is 47.0 Å². The Kier molecular flexibility index (Phi) is 6.71. The van der Waals surface area contributed by atoms with Crippen molar-refractivity contribution in [1.29, 1.82) is 5.26 Å². The van der Waals surface area contributed by atoms with Gasteiger partial charge < -0.3 is 0 Å². The molecular formula is C27H33F2N. The maximum Gasteiger partial charge on any atom is 0.141 e. The van der Waals surface area contributed by atoms with Gasteiger partial charge in [-0.3, -0.25) is 0 Å². The van der Waals surface area contributed by atoms with Gasteiger partial charge in [0.25, 0.3) is 0 Å². The normalized spacial score (nSPS) is 26.3. The fraction of sp³-hybridized carbons (Fsp3) is 0.593. The van der Waals surface area contributed by atoms with Crippen LogP contribution in [0.3, 0.4) is 0 Å². The molecule has 0 bridgehead atoms. The van der Waals surface area contributed by atoms with Crippen molar-refractivity contribution in [3.8, 4) is 6.07 Å². The van der Waals surface area contributed by atoms with Gasteiger partial charge in [0.15, 0.2) is 0 Å². The number of nitrogens with zero attached hydrogens (tertiary/aromatic N) is 1. The maximum atomic E-state index is 14.8. The molecule has 1 nitrogen and oxygen atoms in total. The van der Waals surface area contributed by atoms with E-state index in [9.17, 15) is 8.78 Å². The number of benzene rings is 2. The topological polar surface area (TPSA) is 23.8 Å². The minimum absolute atomic E-state index is 0.0962. The van der Waals surface area contributed by atoms with Crippen molar-refractivity contribution in [2.45, 2.75) is 83.5 Å². The van der Waals surface area contributed by atoms with Gasteiger partial charge >= 0.3 is 0 Å². The molecule has 0 aromatic heterocycles. The van der Waals surface area contributed by atoms with Gasteiger partial charge in [-0.05, 0) is 84.9 Å². The standard InChI is InChI=1S/C27H33F2N/c1-2-3-4-5-6-18-7-8-20-12-21(10-9-19(20)11-18)22-13-23-16-26(28)24(17-30)14-25(23)27(29)15-22/h13-16,18-21H,2-12H2,1H3/t18-,19?,20-,21?/m1/s1. The molecule has 0 spiro atoms. The highest BCUT2D eigenvalue weighted by atomic mass is 19.1. The van der Waals surface area contributed by atoms with Crippen molar-refractivity contribution in [2.75, 3.05) is 0 Å². The second kappa shape index (κ2) is 9.46. The Balaban J connectivity index is 1.43. The summed E-state index contributed by atoms with van der Waals surface area (Å²) < 4.78 is 28.8. The number of rotatable bonds is 6. The van der Waals surface area contributed by atoms with E-state index in [1.54, 1.807) is 12.1 Å². The Morgan fingerprint density at radius 3 is 2.50 bits per heavy atom. The molecule has 4 rings (SSSR count). The van der Waals surface area contributed by atoms with E-state index in [-0.39, 0.29) is 11.4 Å². The van der Waals surface area contributed by atoms with E-state index in [0.29, 0.717) is 16.7 Å². The molecule has 2 aliphatic carbocycles. The van der Waals surface area contributed by atoms with E-state index in [0.717, 1.165) is 36.2 Å². The SMILES string of the molecule is CCCCCC[C@@H]1CC[C@@H]2CC(c3cc(F)c4cc(C#N)c(F)cc4c3)CCC2C1. The number of unbranched alkanes of at least 4 members (excludes halogenated alkanes) is 3. The summed E-state index contributed by atoms with van der Waals surface area (Å²) in [7, 11) is 0.